The second-order valence-electron chi connectivity index (χ2n) is 8.41. The summed E-state index contributed by atoms with van der Waals surface area (Å²) in [4.78, 5) is 32.2. The van der Waals surface area contributed by atoms with E-state index in [0.717, 1.165) is 30.4 Å². The van der Waals surface area contributed by atoms with Crippen molar-refractivity contribution in [3.8, 4) is 22.9 Å². The first-order chi connectivity index (χ1) is 17.9. The van der Waals surface area contributed by atoms with Gasteiger partial charge in [0.15, 0.2) is 5.82 Å². The van der Waals surface area contributed by atoms with E-state index in [2.05, 4.69) is 23.0 Å². The van der Waals surface area contributed by atoms with Gasteiger partial charge in [-0.05, 0) is 47.9 Å². The van der Waals surface area contributed by atoms with Crippen molar-refractivity contribution in [3.05, 3.63) is 77.6 Å². The predicted octanol–water partition coefficient (Wildman–Crippen LogP) is 5.49. The van der Waals surface area contributed by atoms with Gasteiger partial charge < -0.3 is 19.3 Å². The van der Waals surface area contributed by atoms with E-state index < -0.39 is 18.0 Å². The molecule has 37 heavy (non-hydrogen) atoms. The molecule has 3 rings (SSSR count). The van der Waals surface area contributed by atoms with Crippen LogP contribution in [0.1, 0.15) is 49.9 Å². The van der Waals surface area contributed by atoms with Crippen LogP contribution >= 0.6 is 0 Å². The molecule has 1 unspecified atom stereocenters. The fourth-order valence-corrected chi connectivity index (χ4v) is 3.71. The van der Waals surface area contributed by atoms with Crippen LogP contribution in [0.15, 0.2) is 60.8 Å². The van der Waals surface area contributed by atoms with E-state index in [1.807, 2.05) is 42.5 Å². The van der Waals surface area contributed by atoms with Gasteiger partial charge in [-0.3, -0.25) is 4.79 Å². The molecule has 8 nitrogen and oxygen atoms in total. The molecule has 1 heterocycles. The summed E-state index contributed by atoms with van der Waals surface area (Å²) < 4.78 is 16.5. The molecule has 0 amide bonds. The molecule has 0 radical (unpaired) electrons. The first kappa shape index (κ1) is 27.4. The van der Waals surface area contributed by atoms with Crippen LogP contribution in [0.25, 0.3) is 17.5 Å². The zero-order valence-corrected chi connectivity index (χ0v) is 21.3. The number of carbonyl (C=O) groups is 2. The normalized spacial score (nSPS) is 11.8. The number of ether oxygens (including phenoxy) is 3. The van der Waals surface area contributed by atoms with Gasteiger partial charge in [0.2, 0.25) is 6.10 Å². The van der Waals surface area contributed by atoms with Gasteiger partial charge in [0, 0.05) is 19.5 Å². The summed E-state index contributed by atoms with van der Waals surface area (Å²) >= 11 is 0. The number of hydrogen-bond donors (Lipinski definition) is 1. The number of carboxylic acid groups (broad SMARTS) is 1. The van der Waals surface area contributed by atoms with Crippen molar-refractivity contribution in [2.24, 2.45) is 0 Å². The lowest BCUT2D eigenvalue weighted by Crippen LogP contribution is -2.28. The molecule has 0 bridgehead atoms. The van der Waals surface area contributed by atoms with Gasteiger partial charge in [-0.15, -0.1) is 0 Å². The molecule has 0 aliphatic heterocycles. The average Bonchev–Trinajstić information content (AvgIpc) is 2.90. The van der Waals surface area contributed by atoms with Crippen LogP contribution in [0, 0.1) is 0 Å². The highest BCUT2D eigenvalue weighted by atomic mass is 16.6. The number of aromatic nitrogens is 2. The third-order valence-electron chi connectivity index (χ3n) is 5.54. The summed E-state index contributed by atoms with van der Waals surface area (Å²) in [7, 11) is 1.59. The highest BCUT2D eigenvalue weighted by molar-refractivity contribution is 5.77. The van der Waals surface area contributed by atoms with E-state index in [-0.39, 0.29) is 13.0 Å². The lowest BCUT2D eigenvalue weighted by molar-refractivity contribution is -0.162. The van der Waals surface area contributed by atoms with Crippen molar-refractivity contribution < 1.29 is 28.9 Å². The summed E-state index contributed by atoms with van der Waals surface area (Å²) in [6.07, 6.45) is 7.53. The molecule has 0 saturated carbocycles. The number of esters is 1. The standard InChI is InChI=1S/C29H32N2O6/c1-4-5-6-7-10-21-13-14-25(22(17-21)18-27(29(33)34)37-20(2)32)36-19-23-15-16-30-28(31-23)24-11-8-9-12-26(24)35-3/h7-17,27H,4-6,18-19H2,1-3H3,(H,33,34)/b10-7+. The molecule has 2 aromatic carbocycles. The molecule has 194 valence electrons. The minimum absolute atomic E-state index is 0.0306. The first-order valence-electron chi connectivity index (χ1n) is 12.2. The van der Waals surface area contributed by atoms with E-state index >= 15 is 0 Å². The van der Waals surface area contributed by atoms with Gasteiger partial charge in [0.05, 0.1) is 18.4 Å². The highest BCUT2D eigenvalue weighted by Gasteiger charge is 2.23. The third-order valence-corrected chi connectivity index (χ3v) is 5.54. The quantitative estimate of drug-likeness (QED) is 0.240. The van der Waals surface area contributed by atoms with E-state index in [9.17, 15) is 14.7 Å². The number of aliphatic carboxylic acids is 1. The molecule has 0 saturated heterocycles. The molecule has 1 atom stereocenters. The number of hydrogen-bond acceptors (Lipinski definition) is 7. The van der Waals surface area contributed by atoms with Gasteiger partial charge in [0.25, 0.3) is 0 Å². The Balaban J connectivity index is 1.85. The molecular formula is C29H32N2O6. The molecule has 0 spiro atoms. The Morgan fingerprint density at radius 1 is 1.11 bits per heavy atom. The SMILES string of the molecule is CCCC/C=C/c1ccc(OCc2ccnc(-c3ccccc3OC)n2)c(CC(OC(C)=O)C(=O)O)c1. The Hall–Kier alpha value is -4.20. The summed E-state index contributed by atoms with van der Waals surface area (Å²) in [5.74, 6) is -0.220. The van der Waals surface area contributed by atoms with Crippen LogP contribution in [0.2, 0.25) is 0 Å². The number of para-hydroxylation sites is 1. The monoisotopic (exact) mass is 504 g/mol. The molecular weight excluding hydrogens is 472 g/mol. The smallest absolute Gasteiger partial charge is 0.345 e. The maximum Gasteiger partial charge on any atom is 0.345 e. The van der Waals surface area contributed by atoms with Crippen molar-refractivity contribution in [1.82, 2.24) is 9.97 Å². The second-order valence-corrected chi connectivity index (χ2v) is 8.41. The maximum absolute atomic E-state index is 11.7. The number of carbonyl (C=O) groups excluding carboxylic acids is 1. The summed E-state index contributed by atoms with van der Waals surface area (Å²) in [6, 6.07) is 14.8. The fourth-order valence-electron chi connectivity index (χ4n) is 3.71. The Morgan fingerprint density at radius 2 is 1.92 bits per heavy atom. The van der Waals surface area contributed by atoms with Gasteiger partial charge in [-0.25, -0.2) is 14.8 Å². The van der Waals surface area contributed by atoms with E-state index in [1.165, 1.54) is 6.92 Å². The van der Waals surface area contributed by atoms with Crippen LogP contribution < -0.4 is 9.47 Å². The molecule has 3 aromatic rings. The molecule has 0 aliphatic rings. The lowest BCUT2D eigenvalue weighted by atomic mass is 10.0. The first-order valence-corrected chi connectivity index (χ1v) is 12.2. The molecule has 0 aliphatic carbocycles. The second kappa shape index (κ2) is 13.8. The predicted molar refractivity (Wildman–Crippen MR) is 140 cm³/mol. The van der Waals surface area contributed by atoms with Crippen molar-refractivity contribution in [3.63, 3.8) is 0 Å². The van der Waals surface area contributed by atoms with Crippen LogP contribution in [-0.2, 0) is 27.4 Å². The minimum atomic E-state index is -1.32. The minimum Gasteiger partial charge on any atom is -0.496 e. The Labute approximate surface area is 216 Å². The van der Waals surface area contributed by atoms with E-state index in [4.69, 9.17) is 14.2 Å². The zero-order chi connectivity index (χ0) is 26.6. The summed E-state index contributed by atoms with van der Waals surface area (Å²) in [5, 5.41) is 9.57. The fraction of sp³-hybridized carbons (Fsp3) is 0.310. The van der Waals surface area contributed by atoms with Crippen molar-refractivity contribution in [2.45, 2.75) is 52.2 Å². The number of carboxylic acids is 1. The van der Waals surface area contributed by atoms with Crippen molar-refractivity contribution >= 4 is 18.0 Å². The van der Waals surface area contributed by atoms with Crippen LogP contribution in [0.4, 0.5) is 0 Å². The highest BCUT2D eigenvalue weighted by Crippen LogP contribution is 2.28. The Bertz CT molecular complexity index is 1240. The number of methoxy groups -OCH3 is 1. The van der Waals surface area contributed by atoms with Crippen LogP contribution in [0.3, 0.4) is 0 Å². The van der Waals surface area contributed by atoms with Gasteiger partial charge in [-0.2, -0.15) is 0 Å². The average molecular weight is 505 g/mol. The number of unbranched alkanes of at least 4 members (excludes halogenated alkanes) is 2. The third kappa shape index (κ3) is 8.17. The lowest BCUT2D eigenvalue weighted by Gasteiger charge is -2.17. The van der Waals surface area contributed by atoms with E-state index in [1.54, 1.807) is 25.4 Å². The van der Waals surface area contributed by atoms with E-state index in [0.29, 0.717) is 28.6 Å². The topological polar surface area (TPSA) is 108 Å². The largest absolute Gasteiger partial charge is 0.496 e. The van der Waals surface area contributed by atoms with Crippen molar-refractivity contribution in [2.75, 3.05) is 7.11 Å². The number of allylic oxidation sites excluding steroid dienone is 1. The number of rotatable bonds is 13. The van der Waals surface area contributed by atoms with Gasteiger partial charge >= 0.3 is 11.9 Å². The van der Waals surface area contributed by atoms with Crippen LogP contribution in [0.5, 0.6) is 11.5 Å². The Morgan fingerprint density at radius 3 is 2.65 bits per heavy atom. The van der Waals surface area contributed by atoms with Crippen LogP contribution in [-0.4, -0.2) is 40.2 Å². The van der Waals surface area contributed by atoms with Gasteiger partial charge in [0.1, 0.15) is 18.1 Å². The molecule has 1 N–H and O–H groups in total. The molecule has 0 fully saturated rings. The number of benzene rings is 2. The Kier molecular flexibility index (Phi) is 10.2. The number of nitrogens with zero attached hydrogens (tertiary/aromatic N) is 2. The summed E-state index contributed by atoms with van der Waals surface area (Å²) in [6.45, 7) is 3.46. The van der Waals surface area contributed by atoms with Gasteiger partial charge in [-0.1, -0.05) is 50.1 Å². The molecule has 1 aromatic heterocycles. The zero-order valence-electron chi connectivity index (χ0n) is 21.3. The summed E-state index contributed by atoms with van der Waals surface area (Å²) in [5.41, 5.74) is 2.92. The van der Waals surface area contributed by atoms with Crippen molar-refractivity contribution in [1.29, 1.82) is 0 Å². The maximum atomic E-state index is 11.7. The molecule has 8 heteroatoms.